The summed E-state index contributed by atoms with van der Waals surface area (Å²) in [5.41, 5.74) is 0. The molecule has 86 valence electrons. The van der Waals surface area contributed by atoms with Crippen LogP contribution in [0.25, 0.3) is 0 Å². The number of nitrogens with one attached hydrogen (secondary N) is 1. The molecule has 0 radical (unpaired) electrons. The van der Waals surface area contributed by atoms with Crippen LogP contribution >= 0.6 is 0 Å². The van der Waals surface area contributed by atoms with Crippen LogP contribution in [0.15, 0.2) is 0 Å². The molecule has 2 N–H and O–H groups in total. The first-order valence-corrected chi connectivity index (χ1v) is 5.59. The smallest absolute Gasteiger partial charge is 0.0524 e. The molecule has 0 aliphatic carbocycles. The number of aliphatic hydroxyl groups excluding tert-OH is 1. The molecule has 1 unspecified atom stereocenters. The monoisotopic (exact) mass is 203 g/mol. The van der Waals surface area contributed by atoms with Gasteiger partial charge in [-0.05, 0) is 38.8 Å². The molecule has 0 aromatic rings. The van der Waals surface area contributed by atoms with Crippen molar-refractivity contribution in [1.29, 1.82) is 0 Å². The standard InChI is InChI=1S/C11H25NO2/c1-10(2)9-14-8-4-6-12-7-5-11(3)13/h10-13H,4-9H2,1-3H3. The Balaban J connectivity index is 2.92. The van der Waals surface area contributed by atoms with E-state index in [1.54, 1.807) is 0 Å². The van der Waals surface area contributed by atoms with Crippen LogP contribution in [0.5, 0.6) is 0 Å². The van der Waals surface area contributed by atoms with Crippen molar-refractivity contribution in [3.05, 3.63) is 0 Å². The van der Waals surface area contributed by atoms with Crippen molar-refractivity contribution in [1.82, 2.24) is 5.32 Å². The summed E-state index contributed by atoms with van der Waals surface area (Å²) in [4.78, 5) is 0. The molecule has 3 nitrogen and oxygen atoms in total. The van der Waals surface area contributed by atoms with Crippen LogP contribution in [0, 0.1) is 5.92 Å². The molecule has 0 amide bonds. The van der Waals surface area contributed by atoms with Gasteiger partial charge in [-0.25, -0.2) is 0 Å². The molecule has 14 heavy (non-hydrogen) atoms. The summed E-state index contributed by atoms with van der Waals surface area (Å²) in [5.74, 6) is 0.623. The van der Waals surface area contributed by atoms with Gasteiger partial charge in [-0.2, -0.15) is 0 Å². The van der Waals surface area contributed by atoms with E-state index in [1.165, 1.54) is 0 Å². The van der Waals surface area contributed by atoms with Crippen molar-refractivity contribution in [3.63, 3.8) is 0 Å². The second-order valence-electron chi connectivity index (χ2n) is 4.21. The lowest BCUT2D eigenvalue weighted by atomic mass is 10.2. The Morgan fingerprint density at radius 2 is 1.93 bits per heavy atom. The number of rotatable bonds is 9. The van der Waals surface area contributed by atoms with E-state index in [4.69, 9.17) is 9.84 Å². The summed E-state index contributed by atoms with van der Waals surface area (Å²) in [6, 6.07) is 0. The van der Waals surface area contributed by atoms with E-state index in [0.29, 0.717) is 5.92 Å². The van der Waals surface area contributed by atoms with Crippen LogP contribution in [0.4, 0.5) is 0 Å². The normalized spacial score (nSPS) is 13.5. The van der Waals surface area contributed by atoms with Crippen LogP contribution in [0.3, 0.4) is 0 Å². The Kier molecular flexibility index (Phi) is 9.35. The predicted molar refractivity (Wildman–Crippen MR) is 59.4 cm³/mol. The molecular weight excluding hydrogens is 178 g/mol. The van der Waals surface area contributed by atoms with E-state index in [-0.39, 0.29) is 6.10 Å². The number of aliphatic hydroxyl groups is 1. The maximum atomic E-state index is 8.99. The Morgan fingerprint density at radius 1 is 1.21 bits per heavy atom. The van der Waals surface area contributed by atoms with Crippen molar-refractivity contribution in [2.24, 2.45) is 5.92 Å². The quantitative estimate of drug-likeness (QED) is 0.557. The van der Waals surface area contributed by atoms with Crippen molar-refractivity contribution < 1.29 is 9.84 Å². The third-order valence-electron chi connectivity index (χ3n) is 1.83. The summed E-state index contributed by atoms with van der Waals surface area (Å²) in [5, 5.41) is 12.3. The minimum Gasteiger partial charge on any atom is -0.393 e. The number of ether oxygens (including phenoxy) is 1. The number of hydrogen-bond donors (Lipinski definition) is 2. The summed E-state index contributed by atoms with van der Waals surface area (Å²) in [6.45, 7) is 9.68. The Bertz CT molecular complexity index is 102. The summed E-state index contributed by atoms with van der Waals surface area (Å²) in [7, 11) is 0. The second-order valence-corrected chi connectivity index (χ2v) is 4.21. The van der Waals surface area contributed by atoms with Gasteiger partial charge in [0.15, 0.2) is 0 Å². The van der Waals surface area contributed by atoms with E-state index in [2.05, 4.69) is 19.2 Å². The van der Waals surface area contributed by atoms with Crippen molar-refractivity contribution in [2.45, 2.75) is 39.7 Å². The fraction of sp³-hybridized carbons (Fsp3) is 1.00. The molecule has 0 aromatic heterocycles. The van der Waals surface area contributed by atoms with E-state index >= 15 is 0 Å². The van der Waals surface area contributed by atoms with Crippen LogP contribution in [-0.2, 0) is 4.74 Å². The average Bonchev–Trinajstić information content (AvgIpc) is 2.08. The molecule has 0 spiro atoms. The van der Waals surface area contributed by atoms with Crippen LogP contribution < -0.4 is 5.32 Å². The fourth-order valence-electron chi connectivity index (χ4n) is 1.05. The van der Waals surface area contributed by atoms with Crippen LogP contribution in [-0.4, -0.2) is 37.5 Å². The zero-order chi connectivity index (χ0) is 10.8. The lowest BCUT2D eigenvalue weighted by Gasteiger charge is -2.08. The molecule has 0 aromatic carbocycles. The highest BCUT2D eigenvalue weighted by atomic mass is 16.5. The van der Waals surface area contributed by atoms with E-state index < -0.39 is 0 Å². The minimum atomic E-state index is -0.195. The van der Waals surface area contributed by atoms with E-state index in [0.717, 1.165) is 39.1 Å². The Hall–Kier alpha value is -0.120. The first-order chi connectivity index (χ1) is 6.63. The first-order valence-electron chi connectivity index (χ1n) is 5.59. The van der Waals surface area contributed by atoms with Crippen molar-refractivity contribution in [2.75, 3.05) is 26.3 Å². The Morgan fingerprint density at radius 3 is 2.50 bits per heavy atom. The largest absolute Gasteiger partial charge is 0.393 e. The van der Waals surface area contributed by atoms with Gasteiger partial charge in [0, 0.05) is 13.2 Å². The van der Waals surface area contributed by atoms with Crippen molar-refractivity contribution >= 4 is 0 Å². The SMILES string of the molecule is CC(C)COCCCNCCC(C)O. The molecule has 0 saturated heterocycles. The van der Waals surface area contributed by atoms with Gasteiger partial charge in [-0.3, -0.25) is 0 Å². The summed E-state index contributed by atoms with van der Waals surface area (Å²) in [6.07, 6.45) is 1.68. The van der Waals surface area contributed by atoms with Gasteiger partial charge in [0.2, 0.25) is 0 Å². The maximum Gasteiger partial charge on any atom is 0.0524 e. The lowest BCUT2D eigenvalue weighted by Crippen LogP contribution is -2.21. The lowest BCUT2D eigenvalue weighted by molar-refractivity contribution is 0.107. The maximum absolute atomic E-state index is 8.99. The first kappa shape index (κ1) is 13.9. The number of hydrogen-bond acceptors (Lipinski definition) is 3. The molecule has 0 rings (SSSR count). The highest BCUT2D eigenvalue weighted by Crippen LogP contribution is 1.93. The molecular formula is C11H25NO2. The van der Waals surface area contributed by atoms with Gasteiger partial charge in [0.1, 0.15) is 0 Å². The summed E-state index contributed by atoms with van der Waals surface area (Å²) >= 11 is 0. The molecule has 0 bridgehead atoms. The van der Waals surface area contributed by atoms with Crippen molar-refractivity contribution in [3.8, 4) is 0 Å². The van der Waals surface area contributed by atoms with Crippen LogP contribution in [0.1, 0.15) is 33.6 Å². The van der Waals surface area contributed by atoms with Gasteiger partial charge in [-0.1, -0.05) is 13.8 Å². The average molecular weight is 203 g/mol. The Labute approximate surface area is 87.8 Å². The van der Waals surface area contributed by atoms with Gasteiger partial charge in [0.05, 0.1) is 6.10 Å². The van der Waals surface area contributed by atoms with Gasteiger partial charge in [-0.15, -0.1) is 0 Å². The highest BCUT2D eigenvalue weighted by molar-refractivity contribution is 4.52. The van der Waals surface area contributed by atoms with Crippen LogP contribution in [0.2, 0.25) is 0 Å². The second kappa shape index (κ2) is 9.44. The van der Waals surface area contributed by atoms with Gasteiger partial charge >= 0.3 is 0 Å². The van der Waals surface area contributed by atoms with Gasteiger partial charge in [0.25, 0.3) is 0 Å². The zero-order valence-corrected chi connectivity index (χ0v) is 9.75. The van der Waals surface area contributed by atoms with E-state index in [1.807, 2.05) is 6.92 Å². The molecule has 0 fully saturated rings. The zero-order valence-electron chi connectivity index (χ0n) is 9.75. The van der Waals surface area contributed by atoms with E-state index in [9.17, 15) is 0 Å². The molecule has 0 saturated carbocycles. The third kappa shape index (κ3) is 11.9. The fourth-order valence-corrected chi connectivity index (χ4v) is 1.05. The molecule has 0 aliphatic rings. The topological polar surface area (TPSA) is 41.5 Å². The highest BCUT2D eigenvalue weighted by Gasteiger charge is 1.95. The molecule has 1 atom stereocenters. The summed E-state index contributed by atoms with van der Waals surface area (Å²) < 4.78 is 5.43. The third-order valence-corrected chi connectivity index (χ3v) is 1.83. The molecule has 0 aliphatic heterocycles. The molecule has 3 heteroatoms. The predicted octanol–water partition coefficient (Wildman–Crippen LogP) is 1.41. The van der Waals surface area contributed by atoms with Gasteiger partial charge < -0.3 is 15.2 Å². The minimum absolute atomic E-state index is 0.195. The molecule has 0 heterocycles.